The van der Waals surface area contributed by atoms with Crippen LogP contribution in [0.25, 0.3) is 6.08 Å². The molecule has 0 N–H and O–H groups in total. The molecule has 2 aliphatic heterocycles. The lowest BCUT2D eigenvalue weighted by Gasteiger charge is -2.18. The zero-order valence-corrected chi connectivity index (χ0v) is 20.1. The van der Waals surface area contributed by atoms with Gasteiger partial charge in [-0.15, -0.1) is 0 Å². The molecule has 4 rings (SSSR count). The molecule has 32 heavy (non-hydrogen) atoms. The normalized spacial score (nSPS) is 19.7. The van der Waals surface area contributed by atoms with E-state index >= 15 is 0 Å². The molecule has 2 fully saturated rings. The number of halogens is 1. The van der Waals surface area contributed by atoms with Crippen molar-refractivity contribution in [3.8, 4) is 5.75 Å². The second kappa shape index (κ2) is 10.1. The lowest BCUT2D eigenvalue weighted by Crippen LogP contribution is -2.35. The van der Waals surface area contributed by atoms with Gasteiger partial charge in [0.2, 0.25) is 0 Å². The highest BCUT2D eigenvalue weighted by Crippen LogP contribution is 2.35. The van der Waals surface area contributed by atoms with Crippen molar-refractivity contribution in [2.24, 2.45) is 0 Å². The molecule has 2 aliphatic rings. The molecule has 2 heterocycles. The molecule has 166 valence electrons. The summed E-state index contributed by atoms with van der Waals surface area (Å²) in [6, 6.07) is 11.8. The number of nitro groups is 1. The molecule has 10 heteroatoms. The molecule has 2 saturated heterocycles. The van der Waals surface area contributed by atoms with Crippen LogP contribution in [0.2, 0.25) is 0 Å². The fraction of sp³-hybridized carbons (Fsp3) is 0.273. The van der Waals surface area contributed by atoms with Gasteiger partial charge >= 0.3 is 0 Å². The monoisotopic (exact) mass is 534 g/mol. The highest BCUT2D eigenvalue weighted by Gasteiger charge is 2.34. The number of nitrogens with zero attached hydrogens (tertiary/aromatic N) is 2. The minimum atomic E-state index is -0.433. The molecule has 0 spiro atoms. The minimum absolute atomic E-state index is 0.0253. The summed E-state index contributed by atoms with van der Waals surface area (Å²) in [6.45, 7) is 1.43. The quantitative estimate of drug-likeness (QED) is 0.206. The van der Waals surface area contributed by atoms with Crippen molar-refractivity contribution in [2.45, 2.75) is 25.6 Å². The molecule has 1 amide bonds. The van der Waals surface area contributed by atoms with Crippen LogP contribution in [0.1, 0.15) is 24.0 Å². The average Bonchev–Trinajstić information content (AvgIpc) is 3.37. The maximum absolute atomic E-state index is 12.8. The Balaban J connectivity index is 1.42. The van der Waals surface area contributed by atoms with Crippen molar-refractivity contribution in [3.63, 3.8) is 0 Å². The topological polar surface area (TPSA) is 81.9 Å². The Morgan fingerprint density at radius 1 is 1.34 bits per heavy atom. The van der Waals surface area contributed by atoms with Gasteiger partial charge in [-0.05, 0) is 58.1 Å². The predicted molar refractivity (Wildman–Crippen MR) is 130 cm³/mol. The number of nitro benzene ring substituents is 1. The van der Waals surface area contributed by atoms with Crippen molar-refractivity contribution in [3.05, 3.63) is 73.1 Å². The number of rotatable bonds is 7. The molecule has 7 nitrogen and oxygen atoms in total. The van der Waals surface area contributed by atoms with Crippen molar-refractivity contribution >= 4 is 61.9 Å². The number of thioether (sulfide) groups is 1. The summed E-state index contributed by atoms with van der Waals surface area (Å²) >= 11 is 10.2. The van der Waals surface area contributed by atoms with Gasteiger partial charge in [0.25, 0.3) is 11.6 Å². The number of hydrogen-bond donors (Lipinski definition) is 0. The molecule has 0 unspecified atom stereocenters. The van der Waals surface area contributed by atoms with Crippen LogP contribution in [0.4, 0.5) is 5.69 Å². The van der Waals surface area contributed by atoms with E-state index in [1.54, 1.807) is 23.1 Å². The van der Waals surface area contributed by atoms with Gasteiger partial charge < -0.3 is 9.47 Å². The Morgan fingerprint density at radius 3 is 2.91 bits per heavy atom. The lowest BCUT2D eigenvalue weighted by molar-refractivity contribution is -0.384. The smallest absolute Gasteiger partial charge is 0.269 e. The van der Waals surface area contributed by atoms with E-state index in [1.807, 2.05) is 18.2 Å². The Hall–Kier alpha value is -2.27. The molecule has 0 bridgehead atoms. The molecule has 0 aromatic heterocycles. The third-order valence-electron chi connectivity index (χ3n) is 5.05. The third kappa shape index (κ3) is 5.37. The van der Waals surface area contributed by atoms with Gasteiger partial charge in [-0.25, -0.2) is 0 Å². The molecule has 1 atom stereocenters. The summed E-state index contributed by atoms with van der Waals surface area (Å²) in [5, 5.41) is 10.9. The van der Waals surface area contributed by atoms with E-state index in [9.17, 15) is 14.9 Å². The molecule has 2 aromatic carbocycles. The van der Waals surface area contributed by atoms with Crippen molar-refractivity contribution in [1.82, 2.24) is 4.90 Å². The van der Waals surface area contributed by atoms with Crippen LogP contribution in [0, 0.1) is 10.1 Å². The van der Waals surface area contributed by atoms with E-state index < -0.39 is 4.92 Å². The second-order valence-corrected chi connectivity index (χ2v) is 9.86. The van der Waals surface area contributed by atoms with Gasteiger partial charge in [0.1, 0.15) is 16.7 Å². The van der Waals surface area contributed by atoms with E-state index in [0.29, 0.717) is 31.6 Å². The predicted octanol–water partition coefficient (Wildman–Crippen LogP) is 5.32. The summed E-state index contributed by atoms with van der Waals surface area (Å²) < 4.78 is 12.7. The summed E-state index contributed by atoms with van der Waals surface area (Å²) in [7, 11) is 0. The second-order valence-electron chi connectivity index (χ2n) is 7.33. The molecular formula is C22H19BrN2O5S2. The summed E-state index contributed by atoms with van der Waals surface area (Å²) in [6.07, 6.45) is 3.82. The van der Waals surface area contributed by atoms with E-state index in [4.69, 9.17) is 21.7 Å². The Bertz CT molecular complexity index is 1100. The van der Waals surface area contributed by atoms with Crippen LogP contribution in [-0.2, 0) is 16.1 Å². The van der Waals surface area contributed by atoms with Gasteiger partial charge in [0, 0.05) is 18.7 Å². The zero-order valence-electron chi connectivity index (χ0n) is 16.9. The molecule has 0 saturated carbocycles. The first-order chi connectivity index (χ1) is 15.4. The van der Waals surface area contributed by atoms with Crippen LogP contribution in [0.5, 0.6) is 5.75 Å². The van der Waals surface area contributed by atoms with Crippen LogP contribution in [0.3, 0.4) is 0 Å². The average molecular weight is 535 g/mol. The zero-order chi connectivity index (χ0) is 22.7. The van der Waals surface area contributed by atoms with E-state index in [2.05, 4.69) is 15.9 Å². The fourth-order valence-corrected chi connectivity index (χ4v) is 5.23. The van der Waals surface area contributed by atoms with Crippen LogP contribution >= 0.6 is 39.9 Å². The highest BCUT2D eigenvalue weighted by atomic mass is 79.9. The first-order valence-corrected chi connectivity index (χ1v) is 11.9. The number of non-ortho nitro benzene ring substituents is 1. The maximum atomic E-state index is 12.8. The Labute approximate surface area is 203 Å². The lowest BCUT2D eigenvalue weighted by atomic mass is 10.2. The minimum Gasteiger partial charge on any atom is -0.488 e. The van der Waals surface area contributed by atoms with Gasteiger partial charge in [0.15, 0.2) is 0 Å². The molecule has 0 radical (unpaired) electrons. The first-order valence-electron chi connectivity index (χ1n) is 9.93. The van der Waals surface area contributed by atoms with Crippen LogP contribution in [0.15, 0.2) is 51.8 Å². The van der Waals surface area contributed by atoms with Crippen molar-refractivity contribution in [1.29, 1.82) is 0 Å². The van der Waals surface area contributed by atoms with E-state index in [0.717, 1.165) is 25.0 Å². The number of thiocarbonyl (C=S) groups is 1. The standard InChI is InChI=1S/C22H19BrN2O5S2/c23-18-10-14(6-7-19(18)30-13-15-3-1-4-16(9-15)25(27)28)11-20-21(26)24(22(31)32-20)12-17-5-2-8-29-17/h1,3-4,6-7,9-11,17H,2,5,8,12-13H2/b20-11-/t17-/m0/s1. The molecule has 2 aromatic rings. The van der Waals surface area contributed by atoms with Crippen LogP contribution < -0.4 is 4.74 Å². The maximum Gasteiger partial charge on any atom is 0.269 e. The van der Waals surface area contributed by atoms with Crippen LogP contribution in [-0.4, -0.2) is 39.3 Å². The van der Waals surface area contributed by atoms with Crippen molar-refractivity contribution in [2.75, 3.05) is 13.2 Å². The summed E-state index contributed by atoms with van der Waals surface area (Å²) in [4.78, 5) is 25.5. The first kappa shape index (κ1) is 22.9. The Morgan fingerprint density at radius 2 is 2.19 bits per heavy atom. The number of benzene rings is 2. The molecule has 0 aliphatic carbocycles. The largest absolute Gasteiger partial charge is 0.488 e. The number of carbonyl (C=O) groups is 1. The summed E-state index contributed by atoms with van der Waals surface area (Å²) in [5.74, 6) is 0.497. The summed E-state index contributed by atoms with van der Waals surface area (Å²) in [5.41, 5.74) is 1.56. The third-order valence-corrected chi connectivity index (χ3v) is 7.05. The van der Waals surface area contributed by atoms with Gasteiger partial charge in [-0.2, -0.15) is 0 Å². The number of carbonyl (C=O) groups excluding carboxylic acids is 1. The number of hydrogen-bond acceptors (Lipinski definition) is 7. The number of ether oxygens (including phenoxy) is 2. The fourth-order valence-electron chi connectivity index (χ4n) is 3.45. The van der Waals surface area contributed by atoms with Gasteiger partial charge in [0.05, 0.1) is 26.9 Å². The van der Waals surface area contributed by atoms with Gasteiger partial charge in [-0.3, -0.25) is 19.8 Å². The number of amides is 1. The Kier molecular flexibility index (Phi) is 7.24. The van der Waals surface area contributed by atoms with E-state index in [-0.39, 0.29) is 24.3 Å². The SMILES string of the molecule is O=C1/C(=C/c2ccc(OCc3cccc([N+](=O)[O-])c3)c(Br)c2)SC(=S)N1C[C@@H]1CCCO1. The van der Waals surface area contributed by atoms with Crippen molar-refractivity contribution < 1.29 is 19.2 Å². The van der Waals surface area contributed by atoms with E-state index in [1.165, 1.54) is 23.9 Å². The molecular weight excluding hydrogens is 516 g/mol. The van der Waals surface area contributed by atoms with Gasteiger partial charge in [-0.1, -0.05) is 42.2 Å². The highest BCUT2D eigenvalue weighted by molar-refractivity contribution is 9.10.